The molecule has 0 aliphatic carbocycles. The Hall–Kier alpha value is -2.28. The molecule has 0 saturated carbocycles. The van der Waals surface area contributed by atoms with Crippen LogP contribution in [0.15, 0.2) is 23.8 Å². The van der Waals surface area contributed by atoms with E-state index in [-0.39, 0.29) is 0 Å². The largest absolute Gasteiger partial charge is 0.480 e. The zero-order valence-electron chi connectivity index (χ0n) is 11.5. The number of anilines is 1. The second kappa shape index (κ2) is 4.92. The molecule has 0 saturated heterocycles. The highest BCUT2D eigenvalue weighted by atomic mass is 32.1. The maximum atomic E-state index is 5.16. The SMILES string of the molecule is COc1cc2c(nn1)CCN(c1ncnc3sccc13)C2. The third-order valence-corrected chi connectivity index (χ3v) is 4.49. The van der Waals surface area contributed by atoms with Crippen molar-refractivity contribution in [2.24, 2.45) is 0 Å². The standard InChI is InChI=1S/C14H13N5OS/c1-20-12-6-9-7-19(4-2-11(9)17-18-12)13-10-3-5-21-14(10)16-8-15-13/h3,5-6,8H,2,4,7H2,1H3. The van der Waals surface area contributed by atoms with Crippen LogP contribution < -0.4 is 9.64 Å². The molecule has 7 heteroatoms. The highest BCUT2D eigenvalue weighted by Crippen LogP contribution is 2.30. The number of methoxy groups -OCH3 is 1. The number of thiophene rings is 1. The van der Waals surface area contributed by atoms with Crippen LogP contribution in [0.5, 0.6) is 5.88 Å². The highest BCUT2D eigenvalue weighted by Gasteiger charge is 2.21. The van der Waals surface area contributed by atoms with Gasteiger partial charge in [-0.2, -0.15) is 5.10 Å². The zero-order valence-corrected chi connectivity index (χ0v) is 12.3. The Morgan fingerprint density at radius 2 is 2.24 bits per heavy atom. The first-order chi connectivity index (χ1) is 10.3. The zero-order chi connectivity index (χ0) is 14.2. The second-order valence-electron chi connectivity index (χ2n) is 4.87. The van der Waals surface area contributed by atoms with Crippen molar-refractivity contribution in [2.45, 2.75) is 13.0 Å². The molecule has 0 amide bonds. The fourth-order valence-electron chi connectivity index (χ4n) is 2.62. The maximum Gasteiger partial charge on any atom is 0.233 e. The summed E-state index contributed by atoms with van der Waals surface area (Å²) in [4.78, 5) is 12.1. The topological polar surface area (TPSA) is 64.0 Å². The minimum atomic E-state index is 0.555. The van der Waals surface area contributed by atoms with Crippen LogP contribution >= 0.6 is 11.3 Å². The van der Waals surface area contributed by atoms with E-state index in [1.807, 2.05) is 6.07 Å². The van der Waals surface area contributed by atoms with Crippen LogP contribution in [0.25, 0.3) is 10.2 Å². The summed E-state index contributed by atoms with van der Waals surface area (Å²) in [5.74, 6) is 1.54. The van der Waals surface area contributed by atoms with Gasteiger partial charge in [0.1, 0.15) is 17.0 Å². The van der Waals surface area contributed by atoms with Gasteiger partial charge in [-0.3, -0.25) is 0 Å². The Labute approximate surface area is 125 Å². The lowest BCUT2D eigenvalue weighted by molar-refractivity contribution is 0.389. The van der Waals surface area contributed by atoms with Crippen LogP contribution in [0, 0.1) is 0 Å². The van der Waals surface area contributed by atoms with E-state index >= 15 is 0 Å². The van der Waals surface area contributed by atoms with Gasteiger partial charge in [-0.25, -0.2) is 9.97 Å². The Morgan fingerprint density at radius 3 is 3.14 bits per heavy atom. The minimum absolute atomic E-state index is 0.555. The predicted molar refractivity (Wildman–Crippen MR) is 80.8 cm³/mol. The van der Waals surface area contributed by atoms with Gasteiger partial charge in [0, 0.05) is 31.1 Å². The number of aromatic nitrogens is 4. The van der Waals surface area contributed by atoms with E-state index in [2.05, 4.69) is 36.5 Å². The van der Waals surface area contributed by atoms with Crippen molar-refractivity contribution in [3.63, 3.8) is 0 Å². The molecule has 3 aromatic heterocycles. The molecule has 0 N–H and O–H groups in total. The van der Waals surface area contributed by atoms with Crippen LogP contribution in [0.3, 0.4) is 0 Å². The van der Waals surface area contributed by atoms with Crippen LogP contribution in [-0.2, 0) is 13.0 Å². The van der Waals surface area contributed by atoms with E-state index in [9.17, 15) is 0 Å². The van der Waals surface area contributed by atoms with E-state index in [0.717, 1.165) is 46.8 Å². The molecule has 0 bridgehead atoms. The van der Waals surface area contributed by atoms with Crippen molar-refractivity contribution >= 4 is 27.4 Å². The maximum absolute atomic E-state index is 5.16. The molecule has 4 heterocycles. The molecule has 0 fully saturated rings. The Balaban J connectivity index is 1.73. The van der Waals surface area contributed by atoms with Gasteiger partial charge >= 0.3 is 0 Å². The third kappa shape index (κ3) is 2.09. The lowest BCUT2D eigenvalue weighted by Gasteiger charge is -2.29. The first-order valence-electron chi connectivity index (χ1n) is 6.68. The quantitative estimate of drug-likeness (QED) is 0.721. The molecule has 1 aliphatic rings. The molecule has 0 unspecified atom stereocenters. The van der Waals surface area contributed by atoms with E-state index in [1.165, 1.54) is 0 Å². The molecule has 0 atom stereocenters. The summed E-state index contributed by atoms with van der Waals surface area (Å²) in [7, 11) is 1.61. The summed E-state index contributed by atoms with van der Waals surface area (Å²) in [5.41, 5.74) is 2.19. The van der Waals surface area contributed by atoms with Crippen LogP contribution in [-0.4, -0.2) is 33.8 Å². The Kier molecular flexibility index (Phi) is 2.92. The number of hydrogen-bond acceptors (Lipinski definition) is 7. The lowest BCUT2D eigenvalue weighted by atomic mass is 10.1. The van der Waals surface area contributed by atoms with Gasteiger partial charge in [0.25, 0.3) is 0 Å². The normalized spacial score (nSPS) is 14.2. The average molecular weight is 299 g/mol. The summed E-state index contributed by atoms with van der Waals surface area (Å²) < 4.78 is 5.16. The molecule has 3 aromatic rings. The smallest absolute Gasteiger partial charge is 0.233 e. The fourth-order valence-corrected chi connectivity index (χ4v) is 3.34. The van der Waals surface area contributed by atoms with E-state index in [1.54, 1.807) is 24.8 Å². The lowest BCUT2D eigenvalue weighted by Crippen LogP contribution is -2.32. The first kappa shape index (κ1) is 12.5. The van der Waals surface area contributed by atoms with E-state index < -0.39 is 0 Å². The molecular formula is C14H13N5OS. The van der Waals surface area contributed by atoms with Gasteiger partial charge in [-0.05, 0) is 11.4 Å². The average Bonchev–Trinajstić information content (AvgIpc) is 3.02. The van der Waals surface area contributed by atoms with Gasteiger partial charge < -0.3 is 9.64 Å². The van der Waals surface area contributed by atoms with Crippen molar-refractivity contribution < 1.29 is 4.74 Å². The van der Waals surface area contributed by atoms with Gasteiger partial charge in [-0.1, -0.05) is 0 Å². The summed E-state index contributed by atoms with van der Waals surface area (Å²) in [5, 5.41) is 11.4. The number of ether oxygens (including phenoxy) is 1. The van der Waals surface area contributed by atoms with Crippen molar-refractivity contribution in [3.05, 3.63) is 35.1 Å². The van der Waals surface area contributed by atoms with Crippen molar-refractivity contribution in [1.82, 2.24) is 20.2 Å². The van der Waals surface area contributed by atoms with Gasteiger partial charge in [-0.15, -0.1) is 16.4 Å². The van der Waals surface area contributed by atoms with Gasteiger partial charge in [0.15, 0.2) is 0 Å². The van der Waals surface area contributed by atoms with E-state index in [0.29, 0.717) is 5.88 Å². The van der Waals surface area contributed by atoms with Gasteiger partial charge in [0.05, 0.1) is 18.2 Å². The number of nitrogens with zero attached hydrogens (tertiary/aromatic N) is 5. The summed E-state index contributed by atoms with van der Waals surface area (Å²) >= 11 is 1.64. The number of hydrogen-bond donors (Lipinski definition) is 0. The predicted octanol–water partition coefficient (Wildman–Crippen LogP) is 2.05. The fraction of sp³-hybridized carbons (Fsp3) is 0.286. The molecule has 6 nitrogen and oxygen atoms in total. The molecule has 4 rings (SSSR count). The van der Waals surface area contributed by atoms with Crippen molar-refractivity contribution in [3.8, 4) is 5.88 Å². The molecule has 21 heavy (non-hydrogen) atoms. The molecular weight excluding hydrogens is 286 g/mol. The number of fused-ring (bicyclic) bond motifs is 2. The van der Waals surface area contributed by atoms with Crippen LogP contribution in [0.2, 0.25) is 0 Å². The molecule has 1 aliphatic heterocycles. The van der Waals surface area contributed by atoms with Crippen molar-refractivity contribution in [2.75, 3.05) is 18.6 Å². The summed E-state index contributed by atoms with van der Waals surface area (Å²) in [6, 6.07) is 4.04. The highest BCUT2D eigenvalue weighted by molar-refractivity contribution is 7.16. The monoisotopic (exact) mass is 299 g/mol. The van der Waals surface area contributed by atoms with Gasteiger partial charge in [0.2, 0.25) is 5.88 Å². The molecule has 0 spiro atoms. The van der Waals surface area contributed by atoms with Crippen LogP contribution in [0.1, 0.15) is 11.3 Å². The Morgan fingerprint density at radius 1 is 1.29 bits per heavy atom. The minimum Gasteiger partial charge on any atom is -0.480 e. The second-order valence-corrected chi connectivity index (χ2v) is 5.76. The number of rotatable bonds is 2. The molecule has 0 aromatic carbocycles. The molecule has 0 radical (unpaired) electrons. The molecule has 106 valence electrons. The third-order valence-electron chi connectivity index (χ3n) is 3.67. The van der Waals surface area contributed by atoms with E-state index in [4.69, 9.17) is 4.74 Å². The van der Waals surface area contributed by atoms with Crippen molar-refractivity contribution in [1.29, 1.82) is 0 Å². The van der Waals surface area contributed by atoms with Crippen LogP contribution in [0.4, 0.5) is 5.82 Å². The first-order valence-corrected chi connectivity index (χ1v) is 7.56. The summed E-state index contributed by atoms with van der Waals surface area (Å²) in [6.07, 6.45) is 2.50. The Bertz CT molecular complexity index is 803. The summed E-state index contributed by atoms with van der Waals surface area (Å²) in [6.45, 7) is 1.65.